The number of phenolic OH excluding ortho intramolecular Hbond substituents is 1. The van der Waals surface area contributed by atoms with Gasteiger partial charge in [0.2, 0.25) is 5.13 Å². The summed E-state index contributed by atoms with van der Waals surface area (Å²) in [6.07, 6.45) is 3.97. The molecule has 0 atom stereocenters. The highest BCUT2D eigenvalue weighted by Gasteiger charge is 2.18. The molecule has 2 aromatic rings. The van der Waals surface area contributed by atoms with E-state index in [1.807, 2.05) is 29.4 Å². The number of phenols is 1. The number of hydrogen-bond acceptors (Lipinski definition) is 8. The molecule has 0 radical (unpaired) electrons. The first-order valence-corrected chi connectivity index (χ1v) is 8.45. The van der Waals surface area contributed by atoms with Crippen molar-refractivity contribution in [2.24, 2.45) is 0 Å². The molecule has 23 heavy (non-hydrogen) atoms. The molecule has 1 saturated heterocycles. The molecule has 3 heterocycles. The third-order valence-corrected chi connectivity index (χ3v) is 4.94. The predicted molar refractivity (Wildman–Crippen MR) is 91.7 cm³/mol. The lowest BCUT2D eigenvalue weighted by Gasteiger charge is -2.26. The van der Waals surface area contributed by atoms with Crippen LogP contribution in [0.5, 0.6) is 5.75 Å². The average Bonchev–Trinajstić information content (AvgIpc) is 3.27. The molecule has 2 aliphatic heterocycles. The highest BCUT2D eigenvalue weighted by molar-refractivity contribution is 7.18. The summed E-state index contributed by atoms with van der Waals surface area (Å²) in [5.41, 5.74) is 4.79. The lowest BCUT2D eigenvalue weighted by Crippen LogP contribution is -2.43. The number of hydrogen-bond donors (Lipinski definition) is 3. The molecular weight excluding hydrogens is 312 g/mol. The Balaban J connectivity index is 1.58. The lowest BCUT2D eigenvalue weighted by molar-refractivity contribution is 0.477. The minimum Gasteiger partial charge on any atom is -0.507 e. The largest absolute Gasteiger partial charge is 0.507 e. The van der Waals surface area contributed by atoms with E-state index in [2.05, 4.69) is 25.8 Å². The van der Waals surface area contributed by atoms with Crippen molar-refractivity contribution in [1.82, 2.24) is 20.9 Å². The van der Waals surface area contributed by atoms with E-state index in [0.717, 1.165) is 54.1 Å². The van der Waals surface area contributed by atoms with Crippen LogP contribution in [-0.4, -0.2) is 48.0 Å². The smallest absolute Gasteiger partial charge is 0.208 e. The molecule has 2 aliphatic rings. The molecule has 0 amide bonds. The summed E-state index contributed by atoms with van der Waals surface area (Å²) >= 11 is 1.52. The van der Waals surface area contributed by atoms with Crippen LogP contribution < -0.4 is 20.7 Å². The number of piperazine rings is 1. The van der Waals surface area contributed by atoms with Gasteiger partial charge in [-0.05, 0) is 12.1 Å². The Bertz CT molecular complexity index is 725. The van der Waals surface area contributed by atoms with Crippen LogP contribution in [0.4, 0.5) is 10.8 Å². The minimum absolute atomic E-state index is 0.215. The van der Waals surface area contributed by atoms with Gasteiger partial charge in [-0.2, -0.15) is 0 Å². The number of aromatic nitrogens is 2. The van der Waals surface area contributed by atoms with Crippen molar-refractivity contribution in [2.75, 3.05) is 42.6 Å². The van der Waals surface area contributed by atoms with Gasteiger partial charge in [-0.15, -0.1) is 10.2 Å². The van der Waals surface area contributed by atoms with Crippen LogP contribution in [0.3, 0.4) is 0 Å². The predicted octanol–water partition coefficient (Wildman–Crippen LogP) is 1.16. The van der Waals surface area contributed by atoms with Crippen molar-refractivity contribution in [1.29, 1.82) is 0 Å². The summed E-state index contributed by atoms with van der Waals surface area (Å²) in [4.78, 5) is 2.22. The molecule has 1 aromatic heterocycles. The zero-order chi connectivity index (χ0) is 15.6. The molecule has 1 fully saturated rings. The maximum Gasteiger partial charge on any atom is 0.208 e. The van der Waals surface area contributed by atoms with Crippen LogP contribution in [0, 0.1) is 0 Å². The van der Waals surface area contributed by atoms with E-state index in [0.29, 0.717) is 0 Å². The molecule has 120 valence electrons. The fourth-order valence-corrected chi connectivity index (χ4v) is 3.63. The number of hydrazine groups is 1. The normalized spacial score (nSPS) is 17.9. The first-order chi connectivity index (χ1) is 11.3. The average molecular weight is 330 g/mol. The van der Waals surface area contributed by atoms with E-state index < -0.39 is 0 Å². The van der Waals surface area contributed by atoms with E-state index in [4.69, 9.17) is 0 Å². The molecule has 0 unspecified atom stereocenters. The summed E-state index contributed by atoms with van der Waals surface area (Å²) in [5.74, 6) is 0.215. The summed E-state index contributed by atoms with van der Waals surface area (Å²) in [6, 6.07) is 5.59. The molecule has 0 saturated carbocycles. The Morgan fingerprint density at radius 2 is 2.04 bits per heavy atom. The molecule has 3 N–H and O–H groups in total. The first-order valence-electron chi connectivity index (χ1n) is 7.63. The van der Waals surface area contributed by atoms with Gasteiger partial charge in [-0.1, -0.05) is 17.4 Å². The zero-order valence-corrected chi connectivity index (χ0v) is 13.4. The van der Waals surface area contributed by atoms with Gasteiger partial charge in [0.1, 0.15) is 5.75 Å². The third kappa shape index (κ3) is 2.88. The van der Waals surface area contributed by atoms with Crippen LogP contribution in [-0.2, 0) is 0 Å². The van der Waals surface area contributed by atoms with Gasteiger partial charge in [0, 0.05) is 45.0 Å². The Kier molecular flexibility index (Phi) is 3.86. The second-order valence-corrected chi connectivity index (χ2v) is 6.40. The van der Waals surface area contributed by atoms with E-state index in [1.54, 1.807) is 6.07 Å². The quantitative estimate of drug-likeness (QED) is 0.779. The highest BCUT2D eigenvalue weighted by Crippen LogP contribution is 2.36. The lowest BCUT2D eigenvalue weighted by atomic mass is 10.2. The minimum atomic E-state index is 0.215. The van der Waals surface area contributed by atoms with E-state index in [9.17, 15) is 5.11 Å². The molecule has 0 bridgehead atoms. The van der Waals surface area contributed by atoms with Crippen LogP contribution in [0.25, 0.3) is 10.6 Å². The highest BCUT2D eigenvalue weighted by atomic mass is 32.1. The fraction of sp³-hybridized carbons (Fsp3) is 0.333. The first kappa shape index (κ1) is 14.4. The van der Waals surface area contributed by atoms with Crippen LogP contribution >= 0.6 is 11.3 Å². The zero-order valence-electron chi connectivity index (χ0n) is 12.6. The molecule has 1 aromatic carbocycles. The maximum atomic E-state index is 10.4. The van der Waals surface area contributed by atoms with Gasteiger partial charge in [-0.3, -0.25) is 5.01 Å². The summed E-state index contributed by atoms with van der Waals surface area (Å²) < 4.78 is 0. The Morgan fingerprint density at radius 3 is 2.78 bits per heavy atom. The number of aromatic hydroxyl groups is 1. The van der Waals surface area contributed by atoms with E-state index in [1.165, 1.54) is 11.3 Å². The van der Waals surface area contributed by atoms with Gasteiger partial charge in [0.25, 0.3) is 0 Å². The van der Waals surface area contributed by atoms with E-state index >= 15 is 0 Å². The SMILES string of the molecule is Oc1cc(N2C=CCN2)ccc1-c1nnc(N2CCNCC2)s1. The van der Waals surface area contributed by atoms with Crippen LogP contribution in [0.2, 0.25) is 0 Å². The summed E-state index contributed by atoms with van der Waals surface area (Å²) in [6.45, 7) is 4.60. The second kappa shape index (κ2) is 6.15. The van der Waals surface area contributed by atoms with Crippen LogP contribution in [0.15, 0.2) is 30.5 Å². The summed E-state index contributed by atoms with van der Waals surface area (Å²) in [5, 5.41) is 25.8. The van der Waals surface area contributed by atoms with Gasteiger partial charge in [0.15, 0.2) is 5.01 Å². The fourth-order valence-electron chi connectivity index (χ4n) is 2.70. The van der Waals surface area contributed by atoms with Crippen molar-refractivity contribution in [3.8, 4) is 16.3 Å². The van der Waals surface area contributed by atoms with Crippen LogP contribution in [0.1, 0.15) is 0 Å². The number of nitrogens with one attached hydrogen (secondary N) is 2. The molecule has 0 spiro atoms. The molecule has 8 heteroatoms. The van der Waals surface area contributed by atoms with Gasteiger partial charge >= 0.3 is 0 Å². The summed E-state index contributed by atoms with van der Waals surface area (Å²) in [7, 11) is 0. The Morgan fingerprint density at radius 1 is 1.17 bits per heavy atom. The number of benzene rings is 1. The van der Waals surface area contributed by atoms with Crippen molar-refractivity contribution >= 4 is 22.2 Å². The standard InChI is InChI=1S/C15H18N6OS/c22-13-10-11(21-7-1-4-17-21)2-3-12(13)14-18-19-15(23-14)20-8-5-16-6-9-20/h1-3,7,10,16-17,22H,4-6,8-9H2. The van der Waals surface area contributed by atoms with Crippen molar-refractivity contribution in [2.45, 2.75) is 0 Å². The molecule has 4 rings (SSSR count). The Labute approximate surface area is 138 Å². The Hall–Kier alpha value is -2.16. The molecule has 0 aliphatic carbocycles. The van der Waals surface area contributed by atoms with Crippen molar-refractivity contribution in [3.05, 3.63) is 30.5 Å². The number of nitrogens with zero attached hydrogens (tertiary/aromatic N) is 4. The van der Waals surface area contributed by atoms with Crippen molar-refractivity contribution in [3.63, 3.8) is 0 Å². The molecule has 7 nitrogen and oxygen atoms in total. The topological polar surface area (TPSA) is 76.5 Å². The number of anilines is 2. The molecular formula is C15H18N6OS. The van der Waals surface area contributed by atoms with Crippen molar-refractivity contribution < 1.29 is 5.11 Å². The monoisotopic (exact) mass is 330 g/mol. The maximum absolute atomic E-state index is 10.4. The second-order valence-electron chi connectivity index (χ2n) is 5.45. The van der Waals surface area contributed by atoms with Gasteiger partial charge in [0.05, 0.1) is 11.3 Å². The third-order valence-electron chi connectivity index (χ3n) is 3.93. The van der Waals surface area contributed by atoms with E-state index in [-0.39, 0.29) is 5.75 Å². The van der Waals surface area contributed by atoms with Gasteiger partial charge < -0.3 is 15.3 Å². The number of rotatable bonds is 3. The van der Waals surface area contributed by atoms with Gasteiger partial charge in [-0.25, -0.2) is 5.43 Å².